The van der Waals surface area contributed by atoms with E-state index in [0.29, 0.717) is 30.0 Å². The molecule has 33 heavy (non-hydrogen) atoms. The van der Waals surface area contributed by atoms with Gasteiger partial charge in [0.05, 0.1) is 23.9 Å². The summed E-state index contributed by atoms with van der Waals surface area (Å²) in [5, 5.41) is 28.2. The van der Waals surface area contributed by atoms with Crippen LogP contribution in [0.3, 0.4) is 0 Å². The summed E-state index contributed by atoms with van der Waals surface area (Å²) in [4.78, 5) is 53.9. The number of carboxylic acids is 1. The van der Waals surface area contributed by atoms with Gasteiger partial charge in [0.15, 0.2) is 0 Å². The number of amides is 2. The minimum absolute atomic E-state index is 0. The summed E-state index contributed by atoms with van der Waals surface area (Å²) in [6, 6.07) is 4.96. The first-order valence-corrected chi connectivity index (χ1v) is 9.80. The van der Waals surface area contributed by atoms with Crippen LogP contribution < -0.4 is 16.0 Å². The van der Waals surface area contributed by atoms with Crippen molar-refractivity contribution in [1.82, 2.24) is 20.6 Å². The number of nitrogens with zero attached hydrogens (tertiary/aromatic N) is 3. The topological polar surface area (TPSA) is 176 Å². The summed E-state index contributed by atoms with van der Waals surface area (Å²) in [6.07, 6.45) is 3.36. The van der Waals surface area contributed by atoms with Gasteiger partial charge in [-0.25, -0.2) is 9.97 Å². The van der Waals surface area contributed by atoms with E-state index in [0.717, 1.165) is 0 Å². The van der Waals surface area contributed by atoms with E-state index in [4.69, 9.17) is 5.11 Å². The zero-order valence-corrected chi connectivity index (χ0v) is 17.4. The van der Waals surface area contributed by atoms with Gasteiger partial charge in [0.25, 0.3) is 5.69 Å². The Labute approximate surface area is 212 Å². The fraction of sp³-hybridized carbons (Fsp3) is 0.350. The molecule has 2 aromatic rings. The van der Waals surface area contributed by atoms with Gasteiger partial charge in [-0.3, -0.25) is 24.5 Å². The van der Waals surface area contributed by atoms with Crippen molar-refractivity contribution >= 4 is 59.0 Å². The monoisotopic (exact) mass is 468 g/mol. The molecule has 1 atom stereocenters. The van der Waals surface area contributed by atoms with E-state index < -0.39 is 29.3 Å². The molecule has 1 heterocycles. The Bertz CT molecular complexity index is 975. The van der Waals surface area contributed by atoms with Gasteiger partial charge in [0, 0.05) is 37.0 Å². The van der Waals surface area contributed by atoms with Crippen molar-refractivity contribution in [3.05, 3.63) is 57.9 Å². The molecule has 0 fully saturated rings. The van der Waals surface area contributed by atoms with Crippen LogP contribution in [0.2, 0.25) is 0 Å². The number of hydrogen-bond donors (Lipinski definition) is 4. The number of nitro benzene ring substituents is 1. The molecule has 2 rings (SSSR count). The third kappa shape index (κ3) is 9.93. The maximum atomic E-state index is 12.2. The van der Waals surface area contributed by atoms with Crippen molar-refractivity contribution in [2.24, 2.45) is 0 Å². The van der Waals surface area contributed by atoms with E-state index >= 15 is 0 Å². The second-order valence-electron chi connectivity index (χ2n) is 6.90. The van der Waals surface area contributed by atoms with Gasteiger partial charge in [-0.1, -0.05) is 12.1 Å². The van der Waals surface area contributed by atoms with Crippen molar-refractivity contribution in [3.63, 3.8) is 0 Å². The number of hydrogen-bond acceptors (Lipinski definition) is 8. The van der Waals surface area contributed by atoms with Gasteiger partial charge in [-0.2, -0.15) is 0 Å². The Morgan fingerprint density at radius 1 is 1.18 bits per heavy atom. The summed E-state index contributed by atoms with van der Waals surface area (Å²) in [7, 11) is 0. The number of rotatable bonds is 12. The number of carbonyl (C=O) groups is 3. The zero-order chi connectivity index (χ0) is 23.5. The summed E-state index contributed by atoms with van der Waals surface area (Å²) >= 11 is 0. The average molecular weight is 468 g/mol. The molecule has 0 aliphatic rings. The molecule has 1 unspecified atom stereocenters. The number of nitro groups is 1. The zero-order valence-electron chi connectivity index (χ0n) is 17.4. The van der Waals surface area contributed by atoms with Crippen molar-refractivity contribution in [2.45, 2.75) is 32.2 Å². The van der Waals surface area contributed by atoms with E-state index in [1.807, 2.05) is 0 Å². The Morgan fingerprint density at radius 2 is 1.88 bits per heavy atom. The molecule has 172 valence electrons. The van der Waals surface area contributed by atoms with Gasteiger partial charge in [-0.05, 0) is 25.0 Å². The number of benzene rings is 1. The van der Waals surface area contributed by atoms with E-state index in [1.54, 1.807) is 25.4 Å². The molecule has 0 spiro atoms. The van der Waals surface area contributed by atoms with Crippen LogP contribution in [0, 0.1) is 17.0 Å². The molecule has 13 heteroatoms. The number of aryl methyl sites for hydroxylation is 1. The summed E-state index contributed by atoms with van der Waals surface area (Å²) < 4.78 is 0. The number of carboxylic acid groups (broad SMARTS) is 1. The molecule has 4 N–H and O–H groups in total. The second-order valence-corrected chi connectivity index (χ2v) is 6.90. The normalized spacial score (nSPS) is 10.9. The Kier molecular flexibility index (Phi) is 12.0. The van der Waals surface area contributed by atoms with Crippen LogP contribution >= 0.6 is 0 Å². The number of anilines is 1. The average Bonchev–Trinajstić information content (AvgIpc) is 2.75. The molecule has 0 saturated heterocycles. The summed E-state index contributed by atoms with van der Waals surface area (Å²) in [6.45, 7) is 1.68. The van der Waals surface area contributed by atoms with Crippen LogP contribution in [0.15, 0.2) is 36.7 Å². The predicted octanol–water partition coefficient (Wildman–Crippen LogP) is 0.685. The maximum absolute atomic E-state index is 12.2. The Balaban J connectivity index is 0.00000544. The molecule has 1 aromatic carbocycles. The molecule has 0 aliphatic carbocycles. The van der Waals surface area contributed by atoms with Crippen LogP contribution in [0.5, 0.6) is 0 Å². The summed E-state index contributed by atoms with van der Waals surface area (Å²) in [5.41, 5.74) is 0.535. The van der Waals surface area contributed by atoms with E-state index in [1.165, 1.54) is 18.2 Å². The van der Waals surface area contributed by atoms with Crippen molar-refractivity contribution < 1.29 is 24.4 Å². The molecular weight excluding hydrogens is 443 g/mol. The van der Waals surface area contributed by atoms with Crippen molar-refractivity contribution in [2.75, 3.05) is 18.4 Å². The van der Waals surface area contributed by atoms with E-state index in [-0.39, 0.29) is 54.1 Å². The molecule has 0 radical (unpaired) electrons. The molecular formula is C20H25N6NaO6. The van der Waals surface area contributed by atoms with Gasteiger partial charge < -0.3 is 21.1 Å². The third-order valence-electron chi connectivity index (χ3n) is 4.42. The van der Waals surface area contributed by atoms with Crippen molar-refractivity contribution in [1.29, 1.82) is 0 Å². The van der Waals surface area contributed by atoms with E-state index in [9.17, 15) is 24.5 Å². The number of aromatic nitrogens is 2. The number of aliphatic carboxylic acids is 1. The summed E-state index contributed by atoms with van der Waals surface area (Å²) in [5.74, 6) is -1.69. The van der Waals surface area contributed by atoms with Gasteiger partial charge in [0.2, 0.25) is 17.8 Å². The van der Waals surface area contributed by atoms with Crippen LogP contribution in [-0.2, 0) is 14.4 Å². The number of nitrogens with one attached hydrogen (secondary N) is 3. The van der Waals surface area contributed by atoms with Crippen LogP contribution in [-0.4, -0.2) is 80.4 Å². The SMILES string of the molecule is Cc1ccc(C(CC(=O)O)NC(=O)CNC(=O)CCCNc2ncccn2)cc1[N+](=O)[O-].[NaH]. The molecule has 0 saturated carbocycles. The second kappa shape index (κ2) is 14.1. The molecule has 12 nitrogen and oxygen atoms in total. The van der Waals surface area contributed by atoms with Crippen molar-refractivity contribution in [3.8, 4) is 0 Å². The predicted molar refractivity (Wildman–Crippen MR) is 121 cm³/mol. The first-order valence-electron chi connectivity index (χ1n) is 9.80. The molecule has 0 bridgehead atoms. The third-order valence-corrected chi connectivity index (χ3v) is 4.42. The molecule has 2 amide bonds. The van der Waals surface area contributed by atoms with Gasteiger partial charge in [0.1, 0.15) is 0 Å². The Hall–Kier alpha value is -3.09. The Morgan fingerprint density at radius 3 is 2.52 bits per heavy atom. The van der Waals surface area contributed by atoms with Gasteiger partial charge >= 0.3 is 35.5 Å². The molecule has 0 aliphatic heterocycles. The quantitative estimate of drug-likeness (QED) is 0.151. The fourth-order valence-corrected chi connectivity index (χ4v) is 2.82. The first-order chi connectivity index (χ1) is 15.3. The number of carbonyl (C=O) groups excluding carboxylic acids is 2. The first kappa shape index (κ1) is 27.9. The molecule has 1 aromatic heterocycles. The van der Waals surface area contributed by atoms with Crippen LogP contribution in [0.25, 0.3) is 0 Å². The van der Waals surface area contributed by atoms with Crippen LogP contribution in [0.4, 0.5) is 11.6 Å². The standard InChI is InChI=1S/C20H24N6O6.Na.H/c1-13-5-6-14(10-16(13)26(31)32)15(11-19(29)30)25-18(28)12-24-17(27)4-2-7-21-20-22-8-3-9-23-20;;/h3,5-6,8-10,15H,2,4,7,11-12H2,1H3,(H,24,27)(H,25,28)(H,29,30)(H,21,22,23);;. The minimum atomic E-state index is -1.18. The fourth-order valence-electron chi connectivity index (χ4n) is 2.82. The van der Waals surface area contributed by atoms with Crippen LogP contribution in [0.1, 0.15) is 36.4 Å². The van der Waals surface area contributed by atoms with E-state index in [2.05, 4.69) is 25.9 Å². The van der Waals surface area contributed by atoms with Gasteiger partial charge in [-0.15, -0.1) is 0 Å².